The smallest absolute Gasteiger partial charge is 0.173 e. The highest BCUT2D eigenvalue weighted by Gasteiger charge is 2.14. The Morgan fingerprint density at radius 2 is 1.89 bits per heavy atom. The third kappa shape index (κ3) is 2.54. The minimum atomic E-state index is 0.400. The van der Waals surface area contributed by atoms with E-state index < -0.39 is 0 Å². The topological polar surface area (TPSA) is 38.7 Å². The van der Waals surface area contributed by atoms with E-state index in [9.17, 15) is 0 Å². The predicted molar refractivity (Wildman–Crippen MR) is 81.3 cm³/mol. The zero-order valence-corrected chi connectivity index (χ0v) is 12.7. The van der Waals surface area contributed by atoms with Crippen LogP contribution in [0.2, 0.25) is 5.15 Å². The molecule has 3 aromatic rings. The van der Waals surface area contributed by atoms with Gasteiger partial charge in [-0.15, -0.1) is 11.3 Å². The molecule has 0 radical (unpaired) electrons. The molecule has 0 amide bonds. The molecule has 19 heavy (non-hydrogen) atoms. The van der Waals surface area contributed by atoms with E-state index in [0.717, 1.165) is 16.1 Å². The summed E-state index contributed by atoms with van der Waals surface area (Å²) in [5.41, 5.74) is 3.52. The number of aromatic nitrogens is 3. The largest absolute Gasteiger partial charge is 0.252 e. The Morgan fingerprint density at radius 3 is 2.58 bits per heavy atom. The highest BCUT2D eigenvalue weighted by molar-refractivity contribution is 9.10. The van der Waals surface area contributed by atoms with Crippen LogP contribution in [-0.4, -0.2) is 15.0 Å². The van der Waals surface area contributed by atoms with Crippen molar-refractivity contribution in [2.24, 2.45) is 0 Å². The van der Waals surface area contributed by atoms with E-state index in [4.69, 9.17) is 11.6 Å². The van der Waals surface area contributed by atoms with Gasteiger partial charge < -0.3 is 0 Å². The zero-order valence-electron chi connectivity index (χ0n) is 9.55. The Balaban J connectivity index is 2.20. The minimum absolute atomic E-state index is 0.400. The van der Waals surface area contributed by atoms with Crippen molar-refractivity contribution < 1.29 is 0 Å². The Bertz CT molecular complexity index is 701. The summed E-state index contributed by atoms with van der Waals surface area (Å²) in [6, 6.07) is 9.86. The molecule has 0 bridgehead atoms. The first-order chi connectivity index (χ1) is 9.25. The number of benzene rings is 1. The number of nitrogens with zero attached hydrogens (tertiary/aromatic N) is 3. The molecule has 0 saturated carbocycles. The molecular weight excluding hydrogens is 346 g/mol. The van der Waals surface area contributed by atoms with Gasteiger partial charge in [-0.3, -0.25) is 4.98 Å². The summed E-state index contributed by atoms with van der Waals surface area (Å²) < 4.78 is 0.702. The molecule has 0 saturated heterocycles. The summed E-state index contributed by atoms with van der Waals surface area (Å²) >= 11 is 11.1. The van der Waals surface area contributed by atoms with Crippen molar-refractivity contribution >= 4 is 38.9 Å². The van der Waals surface area contributed by atoms with Gasteiger partial charge in [0.15, 0.2) is 5.82 Å². The zero-order chi connectivity index (χ0) is 13.2. The van der Waals surface area contributed by atoms with E-state index in [1.165, 1.54) is 11.3 Å². The van der Waals surface area contributed by atoms with E-state index in [1.807, 2.05) is 30.3 Å². The lowest BCUT2D eigenvalue weighted by molar-refractivity contribution is 1.17. The average molecular weight is 353 g/mol. The van der Waals surface area contributed by atoms with Gasteiger partial charge in [-0.05, 0) is 15.9 Å². The van der Waals surface area contributed by atoms with Gasteiger partial charge in [-0.2, -0.15) is 0 Å². The first-order valence-electron chi connectivity index (χ1n) is 5.43. The number of hydrogen-bond donors (Lipinski definition) is 0. The van der Waals surface area contributed by atoms with Gasteiger partial charge in [-0.1, -0.05) is 41.9 Å². The lowest BCUT2D eigenvalue weighted by atomic mass is 10.1. The highest BCUT2D eigenvalue weighted by atomic mass is 79.9. The summed E-state index contributed by atoms with van der Waals surface area (Å²) in [6.45, 7) is 0. The third-order valence-corrected chi connectivity index (χ3v) is 4.53. The number of hydrogen-bond acceptors (Lipinski definition) is 4. The maximum atomic E-state index is 6.17. The molecule has 0 spiro atoms. The Labute approximate surface area is 127 Å². The van der Waals surface area contributed by atoms with Gasteiger partial charge >= 0.3 is 0 Å². The molecular formula is C13H7BrClN3S. The molecule has 3 nitrogen and oxygen atoms in total. The number of thiazole rings is 1. The van der Waals surface area contributed by atoms with Crippen molar-refractivity contribution in [3.63, 3.8) is 0 Å². The SMILES string of the molecule is Clc1nc(-c2cncs2)nc(-c2ccccc2)c1Br. The Hall–Kier alpha value is -1.30. The quantitative estimate of drug-likeness (QED) is 0.628. The summed E-state index contributed by atoms with van der Waals surface area (Å²) in [7, 11) is 0. The van der Waals surface area contributed by atoms with E-state index in [2.05, 4.69) is 30.9 Å². The monoisotopic (exact) mass is 351 g/mol. The fraction of sp³-hybridized carbons (Fsp3) is 0. The van der Waals surface area contributed by atoms with Gasteiger partial charge in [0, 0.05) is 11.8 Å². The summed E-state index contributed by atoms with van der Waals surface area (Å²) in [6.07, 6.45) is 1.74. The predicted octanol–water partition coefficient (Wildman–Crippen LogP) is 4.68. The standard InChI is InChI=1S/C13H7BrClN3S/c14-10-11(8-4-2-1-3-5-8)17-13(18-12(10)15)9-6-16-7-19-9/h1-7H. The summed E-state index contributed by atoms with van der Waals surface area (Å²) in [5, 5.41) is 0.400. The van der Waals surface area contributed by atoms with Gasteiger partial charge in [0.2, 0.25) is 0 Å². The molecule has 0 aliphatic carbocycles. The van der Waals surface area contributed by atoms with Gasteiger partial charge in [0.05, 0.1) is 20.6 Å². The third-order valence-electron chi connectivity index (χ3n) is 2.51. The molecule has 1 aromatic carbocycles. The second-order valence-corrected chi connectivity index (χ2v) is 5.77. The maximum absolute atomic E-state index is 6.17. The van der Waals surface area contributed by atoms with Crippen LogP contribution in [0.1, 0.15) is 0 Å². The van der Waals surface area contributed by atoms with Crippen LogP contribution >= 0.6 is 38.9 Å². The van der Waals surface area contributed by atoms with Crippen molar-refractivity contribution in [3.05, 3.63) is 51.7 Å². The number of halogens is 2. The van der Waals surface area contributed by atoms with E-state index in [0.29, 0.717) is 15.5 Å². The van der Waals surface area contributed by atoms with Gasteiger partial charge in [-0.25, -0.2) is 9.97 Å². The van der Waals surface area contributed by atoms with E-state index >= 15 is 0 Å². The lowest BCUT2D eigenvalue weighted by Gasteiger charge is -2.07. The van der Waals surface area contributed by atoms with Crippen LogP contribution in [0.15, 0.2) is 46.5 Å². The molecule has 0 atom stereocenters. The van der Waals surface area contributed by atoms with E-state index in [-0.39, 0.29) is 0 Å². The fourth-order valence-corrected chi connectivity index (χ4v) is 2.77. The van der Waals surface area contributed by atoms with Crippen molar-refractivity contribution in [1.29, 1.82) is 0 Å². The molecule has 2 heterocycles. The van der Waals surface area contributed by atoms with Crippen molar-refractivity contribution in [2.75, 3.05) is 0 Å². The first kappa shape index (κ1) is 12.7. The van der Waals surface area contributed by atoms with Crippen LogP contribution in [0, 0.1) is 0 Å². The fourth-order valence-electron chi connectivity index (χ4n) is 1.64. The van der Waals surface area contributed by atoms with Crippen LogP contribution < -0.4 is 0 Å². The van der Waals surface area contributed by atoms with Crippen LogP contribution in [0.25, 0.3) is 22.0 Å². The van der Waals surface area contributed by atoms with Gasteiger partial charge in [0.1, 0.15) is 5.15 Å². The van der Waals surface area contributed by atoms with Crippen molar-refractivity contribution in [1.82, 2.24) is 15.0 Å². The molecule has 0 aliphatic rings. The van der Waals surface area contributed by atoms with Crippen LogP contribution in [0.4, 0.5) is 0 Å². The van der Waals surface area contributed by atoms with Crippen molar-refractivity contribution in [2.45, 2.75) is 0 Å². The maximum Gasteiger partial charge on any atom is 0.173 e. The van der Waals surface area contributed by atoms with Crippen LogP contribution in [-0.2, 0) is 0 Å². The highest BCUT2D eigenvalue weighted by Crippen LogP contribution is 2.33. The summed E-state index contributed by atoms with van der Waals surface area (Å²) in [5.74, 6) is 0.592. The normalized spacial score (nSPS) is 10.6. The van der Waals surface area contributed by atoms with Crippen LogP contribution in [0.5, 0.6) is 0 Å². The molecule has 0 aliphatic heterocycles. The summed E-state index contributed by atoms with van der Waals surface area (Å²) in [4.78, 5) is 13.8. The van der Waals surface area contributed by atoms with Crippen molar-refractivity contribution in [3.8, 4) is 22.0 Å². The Morgan fingerprint density at radius 1 is 1.11 bits per heavy atom. The minimum Gasteiger partial charge on any atom is -0.252 e. The molecule has 6 heteroatoms. The molecule has 0 N–H and O–H groups in total. The molecule has 2 aromatic heterocycles. The van der Waals surface area contributed by atoms with Gasteiger partial charge in [0.25, 0.3) is 0 Å². The Kier molecular flexibility index (Phi) is 3.59. The lowest BCUT2D eigenvalue weighted by Crippen LogP contribution is -1.94. The molecule has 0 fully saturated rings. The van der Waals surface area contributed by atoms with E-state index in [1.54, 1.807) is 11.7 Å². The second-order valence-electron chi connectivity index (χ2n) is 3.73. The molecule has 94 valence electrons. The van der Waals surface area contributed by atoms with Crippen LogP contribution in [0.3, 0.4) is 0 Å². The second kappa shape index (κ2) is 5.36. The molecule has 3 rings (SSSR count). The first-order valence-corrected chi connectivity index (χ1v) is 7.48. The number of rotatable bonds is 2. The molecule has 0 unspecified atom stereocenters. The average Bonchev–Trinajstić information content (AvgIpc) is 2.97.